The molecule has 1 saturated carbocycles. The molecule has 0 aromatic heterocycles. The third-order valence-corrected chi connectivity index (χ3v) is 9.36. The summed E-state index contributed by atoms with van der Waals surface area (Å²) in [5.41, 5.74) is 8.34. The van der Waals surface area contributed by atoms with Crippen molar-refractivity contribution in [3.63, 3.8) is 0 Å². The van der Waals surface area contributed by atoms with Crippen molar-refractivity contribution in [2.45, 2.75) is 91.1 Å². The lowest BCUT2D eigenvalue weighted by Crippen LogP contribution is -2.27. The Bertz CT molecular complexity index is 1400. The predicted octanol–water partition coefficient (Wildman–Crippen LogP) is 10.4. The summed E-state index contributed by atoms with van der Waals surface area (Å²) in [6, 6.07) is 27.8. The van der Waals surface area contributed by atoms with E-state index in [1.807, 2.05) is 6.07 Å². The van der Waals surface area contributed by atoms with Gasteiger partial charge in [-0.1, -0.05) is 132 Å². The molecule has 2 atom stereocenters. The number of carbonyl (C=O) groups is 1. The molecule has 1 fully saturated rings. The lowest BCUT2D eigenvalue weighted by molar-refractivity contribution is -0.121. The molecule has 0 heterocycles. The van der Waals surface area contributed by atoms with Crippen LogP contribution in [0, 0.1) is 11.3 Å². The Morgan fingerprint density at radius 2 is 1.63 bits per heavy atom. The maximum absolute atomic E-state index is 13.5. The lowest BCUT2D eigenvalue weighted by Gasteiger charge is -2.36. The van der Waals surface area contributed by atoms with Crippen molar-refractivity contribution in [2.75, 3.05) is 0 Å². The fourth-order valence-electron chi connectivity index (χ4n) is 7.11. The second kappa shape index (κ2) is 12.2. The van der Waals surface area contributed by atoms with E-state index in [0.29, 0.717) is 18.8 Å². The first-order chi connectivity index (χ1) is 19.8. The van der Waals surface area contributed by atoms with Gasteiger partial charge in [-0.05, 0) is 65.0 Å². The zero-order valence-electron chi connectivity index (χ0n) is 25.5. The summed E-state index contributed by atoms with van der Waals surface area (Å²) in [6.07, 6.45) is 8.26. The van der Waals surface area contributed by atoms with Crippen molar-refractivity contribution < 1.29 is 9.53 Å². The van der Waals surface area contributed by atoms with E-state index in [2.05, 4.69) is 100 Å². The average Bonchev–Trinajstić information content (AvgIpc) is 3.48. The van der Waals surface area contributed by atoms with Crippen LogP contribution in [0.4, 0.5) is 0 Å². The Kier molecular flexibility index (Phi) is 8.68. The molecule has 3 aromatic carbocycles. The zero-order chi connectivity index (χ0) is 29.0. The molecule has 0 N–H and O–H groups in total. The minimum absolute atomic E-state index is 0.0376. The molecule has 2 nitrogen and oxygen atoms in total. The van der Waals surface area contributed by atoms with Gasteiger partial charge in [0.25, 0.3) is 0 Å². The van der Waals surface area contributed by atoms with Gasteiger partial charge >= 0.3 is 0 Å². The molecule has 0 spiro atoms. The van der Waals surface area contributed by atoms with Crippen molar-refractivity contribution >= 4 is 16.9 Å². The van der Waals surface area contributed by atoms with E-state index in [4.69, 9.17) is 11.3 Å². The predicted molar refractivity (Wildman–Crippen MR) is 172 cm³/mol. The highest BCUT2D eigenvalue weighted by Crippen LogP contribution is 2.65. The zero-order valence-corrected chi connectivity index (χ0v) is 25.5. The lowest BCUT2D eigenvalue weighted by atomic mass is 9.66. The first kappa shape index (κ1) is 29.1. The molecule has 2 aliphatic carbocycles. The number of ether oxygens (including phenoxy) is 1. The highest BCUT2D eigenvalue weighted by Gasteiger charge is 2.57. The molecular formula is C39H46O2. The van der Waals surface area contributed by atoms with E-state index in [9.17, 15) is 4.79 Å². The summed E-state index contributed by atoms with van der Waals surface area (Å²) in [7, 11) is 0. The number of Topliss-reactive ketones (excluding diaryl/α,β-unsaturated/α-hetero) is 1. The third-order valence-electron chi connectivity index (χ3n) is 9.36. The van der Waals surface area contributed by atoms with Crippen LogP contribution in [0.3, 0.4) is 0 Å². The Labute approximate surface area is 247 Å². The SMILES string of the molecule is C=C(c1ccccc1OCc1ccc(C(C)(C)C)cc1)C12CCC(=O)C1CC(CCCCCC)=C2c1ccccc1. The van der Waals surface area contributed by atoms with Gasteiger partial charge in [-0.2, -0.15) is 0 Å². The van der Waals surface area contributed by atoms with Gasteiger partial charge in [0.2, 0.25) is 0 Å². The van der Waals surface area contributed by atoms with Crippen LogP contribution in [-0.4, -0.2) is 5.78 Å². The number of benzene rings is 3. The first-order valence-electron chi connectivity index (χ1n) is 15.6. The van der Waals surface area contributed by atoms with Crippen LogP contribution < -0.4 is 4.74 Å². The number of para-hydroxylation sites is 1. The summed E-state index contributed by atoms with van der Waals surface area (Å²) in [5, 5.41) is 0. The van der Waals surface area contributed by atoms with E-state index in [-0.39, 0.29) is 16.7 Å². The van der Waals surface area contributed by atoms with E-state index >= 15 is 0 Å². The summed E-state index contributed by atoms with van der Waals surface area (Å²) in [4.78, 5) is 13.5. The van der Waals surface area contributed by atoms with Crippen LogP contribution in [0.15, 0.2) is 91.0 Å². The molecule has 2 aliphatic rings. The molecule has 0 radical (unpaired) electrons. The molecule has 2 heteroatoms. The Hall–Kier alpha value is -3.39. The molecule has 2 unspecified atom stereocenters. The van der Waals surface area contributed by atoms with Crippen molar-refractivity contribution in [2.24, 2.45) is 11.3 Å². The van der Waals surface area contributed by atoms with Gasteiger partial charge in [0.05, 0.1) is 0 Å². The molecule has 5 rings (SSSR count). The normalized spacial score (nSPS) is 20.4. The first-order valence-corrected chi connectivity index (χ1v) is 15.6. The van der Waals surface area contributed by atoms with E-state index < -0.39 is 0 Å². The number of ketones is 1. The van der Waals surface area contributed by atoms with Gasteiger partial charge in [0, 0.05) is 23.3 Å². The number of fused-ring (bicyclic) bond motifs is 1. The molecule has 41 heavy (non-hydrogen) atoms. The van der Waals surface area contributed by atoms with Crippen LogP contribution in [0.5, 0.6) is 5.75 Å². The highest BCUT2D eigenvalue weighted by atomic mass is 16.5. The minimum atomic E-state index is -0.383. The monoisotopic (exact) mass is 546 g/mol. The van der Waals surface area contributed by atoms with Crippen molar-refractivity contribution in [1.29, 1.82) is 0 Å². The van der Waals surface area contributed by atoms with Crippen LogP contribution in [0.2, 0.25) is 0 Å². The smallest absolute Gasteiger partial charge is 0.137 e. The topological polar surface area (TPSA) is 26.3 Å². The van der Waals surface area contributed by atoms with Crippen LogP contribution in [-0.2, 0) is 16.8 Å². The number of hydrogen-bond donors (Lipinski definition) is 0. The molecule has 0 amide bonds. The summed E-state index contributed by atoms with van der Waals surface area (Å²) < 4.78 is 6.50. The maximum Gasteiger partial charge on any atom is 0.137 e. The van der Waals surface area contributed by atoms with Crippen molar-refractivity contribution in [3.8, 4) is 5.75 Å². The quantitative estimate of drug-likeness (QED) is 0.224. The van der Waals surface area contributed by atoms with Crippen LogP contribution in [0.25, 0.3) is 11.1 Å². The standard InChI is InChI=1S/C39H46O2/c1-6-7-8-10-17-31-26-34-35(40)24-25-39(34,37(31)30-15-11-9-12-16-30)28(2)33-18-13-14-19-36(33)41-27-29-20-22-32(23-21-29)38(3,4)5/h9,11-16,18-23,34H,2,6-8,10,17,24-27H2,1,3-5H3. The number of rotatable bonds is 11. The van der Waals surface area contributed by atoms with E-state index in [0.717, 1.165) is 41.7 Å². The Morgan fingerprint density at radius 1 is 0.927 bits per heavy atom. The van der Waals surface area contributed by atoms with E-state index in [1.165, 1.54) is 48.0 Å². The van der Waals surface area contributed by atoms with Gasteiger partial charge in [-0.25, -0.2) is 0 Å². The number of allylic oxidation sites excluding steroid dienone is 3. The second-order valence-electron chi connectivity index (χ2n) is 13.1. The summed E-state index contributed by atoms with van der Waals surface area (Å²) >= 11 is 0. The maximum atomic E-state index is 13.5. The van der Waals surface area contributed by atoms with Crippen LogP contribution in [0.1, 0.15) is 101 Å². The second-order valence-corrected chi connectivity index (χ2v) is 13.1. The Balaban J connectivity index is 1.49. The molecule has 214 valence electrons. The molecular weight excluding hydrogens is 500 g/mol. The van der Waals surface area contributed by atoms with Crippen molar-refractivity contribution in [3.05, 3.63) is 113 Å². The third kappa shape index (κ3) is 5.85. The van der Waals surface area contributed by atoms with Gasteiger partial charge < -0.3 is 4.74 Å². The van der Waals surface area contributed by atoms with Crippen LogP contribution >= 0.6 is 0 Å². The largest absolute Gasteiger partial charge is 0.488 e. The van der Waals surface area contributed by atoms with Gasteiger partial charge in [0.15, 0.2) is 0 Å². The molecule has 0 bridgehead atoms. The number of unbranched alkanes of at least 4 members (excludes halogenated alkanes) is 3. The molecule has 0 saturated heterocycles. The van der Waals surface area contributed by atoms with Gasteiger partial charge in [-0.15, -0.1) is 0 Å². The highest BCUT2D eigenvalue weighted by molar-refractivity contribution is 6.01. The fraction of sp³-hybridized carbons (Fsp3) is 0.410. The summed E-state index contributed by atoms with van der Waals surface area (Å²) in [5.74, 6) is 1.19. The fourth-order valence-corrected chi connectivity index (χ4v) is 7.11. The summed E-state index contributed by atoms with van der Waals surface area (Å²) in [6.45, 7) is 14.2. The minimum Gasteiger partial charge on any atom is -0.488 e. The number of hydrogen-bond acceptors (Lipinski definition) is 2. The van der Waals surface area contributed by atoms with E-state index in [1.54, 1.807) is 0 Å². The Morgan fingerprint density at radius 3 is 2.34 bits per heavy atom. The van der Waals surface area contributed by atoms with Gasteiger partial charge in [-0.3, -0.25) is 4.79 Å². The molecule has 3 aromatic rings. The van der Waals surface area contributed by atoms with Gasteiger partial charge in [0.1, 0.15) is 18.1 Å². The number of carbonyl (C=O) groups excluding carboxylic acids is 1. The van der Waals surface area contributed by atoms with Crippen molar-refractivity contribution in [1.82, 2.24) is 0 Å². The average molecular weight is 547 g/mol. The molecule has 0 aliphatic heterocycles.